The van der Waals surface area contributed by atoms with Crippen LogP contribution >= 0.6 is 0 Å². The number of hydrogen-bond acceptors (Lipinski definition) is 5. The zero-order chi connectivity index (χ0) is 44.2. The van der Waals surface area contributed by atoms with Gasteiger partial charge in [0.2, 0.25) is 0 Å². The van der Waals surface area contributed by atoms with Gasteiger partial charge in [-0.2, -0.15) is 0 Å². The highest BCUT2D eigenvalue weighted by Crippen LogP contribution is 2.17. The molecule has 362 valence electrons. The molecule has 0 saturated heterocycles. The molecule has 1 unspecified atom stereocenters. The first-order valence-corrected chi connectivity index (χ1v) is 27.7. The molecule has 61 heavy (non-hydrogen) atoms. The minimum Gasteiger partial charge on any atom is -0.462 e. The van der Waals surface area contributed by atoms with Crippen LogP contribution in [0.5, 0.6) is 0 Å². The maximum atomic E-state index is 12.3. The summed E-state index contributed by atoms with van der Waals surface area (Å²) in [4.78, 5) is 24.5. The third-order valence-electron chi connectivity index (χ3n) is 12.8. The summed E-state index contributed by atoms with van der Waals surface area (Å²) in [6, 6.07) is 0. The van der Waals surface area contributed by atoms with Crippen LogP contribution in [-0.2, 0) is 19.1 Å². The molecule has 0 fully saturated rings. The van der Waals surface area contributed by atoms with E-state index in [1.54, 1.807) is 0 Å². The second-order valence-electron chi connectivity index (χ2n) is 19.0. The first-order chi connectivity index (χ1) is 30.1. The van der Waals surface area contributed by atoms with Gasteiger partial charge in [-0.05, 0) is 38.5 Å². The first kappa shape index (κ1) is 59.6. The normalized spacial score (nSPS) is 12.1. The van der Waals surface area contributed by atoms with Gasteiger partial charge in [-0.25, -0.2) is 0 Å². The highest BCUT2D eigenvalue weighted by atomic mass is 16.6. The topological polar surface area (TPSA) is 72.8 Å². The molecule has 0 saturated carbocycles. The van der Waals surface area contributed by atoms with Crippen LogP contribution in [-0.4, -0.2) is 36.4 Å². The van der Waals surface area contributed by atoms with Crippen molar-refractivity contribution >= 4 is 11.9 Å². The summed E-state index contributed by atoms with van der Waals surface area (Å²) in [7, 11) is 0. The number of allylic oxidation sites excluding steroid dienone is 2. The summed E-state index contributed by atoms with van der Waals surface area (Å²) in [5, 5.41) is 9.64. The van der Waals surface area contributed by atoms with Gasteiger partial charge in [-0.15, -0.1) is 0 Å². The van der Waals surface area contributed by atoms with E-state index in [1.165, 1.54) is 257 Å². The summed E-state index contributed by atoms with van der Waals surface area (Å²) in [5.41, 5.74) is 0. The summed E-state index contributed by atoms with van der Waals surface area (Å²) in [6.45, 7) is 4.20. The van der Waals surface area contributed by atoms with Crippen LogP contribution in [0.4, 0.5) is 0 Å². The third-order valence-corrected chi connectivity index (χ3v) is 12.8. The van der Waals surface area contributed by atoms with Crippen LogP contribution in [0.3, 0.4) is 0 Å². The average molecular weight is 861 g/mol. The SMILES string of the molecule is CCCCCCCCCC/C=C\CCCCCCCCCCCCCCCC(=O)OC(CO)COC(=O)CCCCCCCCCCCCCCCCCCCCCCCC. The Bertz CT molecular complexity index is 886. The van der Waals surface area contributed by atoms with Gasteiger partial charge in [0.1, 0.15) is 6.61 Å². The van der Waals surface area contributed by atoms with Gasteiger partial charge in [-0.1, -0.05) is 276 Å². The largest absolute Gasteiger partial charge is 0.462 e. The molecule has 1 N–H and O–H groups in total. The Morgan fingerprint density at radius 2 is 0.607 bits per heavy atom. The van der Waals surface area contributed by atoms with E-state index in [1.807, 2.05) is 0 Å². The molecule has 0 radical (unpaired) electrons. The molecule has 0 aromatic rings. The molecule has 0 amide bonds. The number of aliphatic hydroxyl groups is 1. The minimum atomic E-state index is -0.766. The Hall–Kier alpha value is -1.36. The van der Waals surface area contributed by atoms with E-state index in [-0.39, 0.29) is 25.2 Å². The zero-order valence-corrected chi connectivity index (χ0v) is 41.5. The monoisotopic (exact) mass is 861 g/mol. The second-order valence-corrected chi connectivity index (χ2v) is 19.0. The van der Waals surface area contributed by atoms with Crippen LogP contribution in [0.25, 0.3) is 0 Å². The second kappa shape index (κ2) is 53.0. The molecule has 0 spiro atoms. The van der Waals surface area contributed by atoms with Gasteiger partial charge in [0, 0.05) is 12.8 Å². The molecule has 0 heterocycles. The van der Waals surface area contributed by atoms with Crippen LogP contribution in [0, 0.1) is 0 Å². The van der Waals surface area contributed by atoms with Gasteiger partial charge < -0.3 is 14.6 Å². The van der Waals surface area contributed by atoms with Crippen molar-refractivity contribution < 1.29 is 24.2 Å². The number of unbranched alkanes of at least 4 members (excludes halogenated alkanes) is 42. The minimum absolute atomic E-state index is 0.0581. The van der Waals surface area contributed by atoms with E-state index in [4.69, 9.17) is 9.47 Å². The highest BCUT2D eigenvalue weighted by molar-refractivity contribution is 5.70. The van der Waals surface area contributed by atoms with Crippen molar-refractivity contribution in [2.24, 2.45) is 0 Å². The number of carbonyl (C=O) groups is 2. The van der Waals surface area contributed by atoms with Gasteiger partial charge >= 0.3 is 11.9 Å². The highest BCUT2D eigenvalue weighted by Gasteiger charge is 2.16. The quantitative estimate of drug-likeness (QED) is 0.0375. The van der Waals surface area contributed by atoms with Crippen molar-refractivity contribution in [2.45, 2.75) is 322 Å². The number of aliphatic hydroxyl groups excluding tert-OH is 1. The molecule has 0 bridgehead atoms. The summed E-state index contributed by atoms with van der Waals surface area (Å²) >= 11 is 0. The Kier molecular flexibility index (Phi) is 51.8. The summed E-state index contributed by atoms with van der Waals surface area (Å²) < 4.78 is 10.7. The van der Waals surface area contributed by atoms with Crippen molar-refractivity contribution in [3.05, 3.63) is 12.2 Å². The molecule has 0 rings (SSSR count). The molecular weight excluding hydrogens is 753 g/mol. The lowest BCUT2D eigenvalue weighted by Gasteiger charge is -2.15. The van der Waals surface area contributed by atoms with E-state index < -0.39 is 6.10 Å². The fourth-order valence-corrected chi connectivity index (χ4v) is 8.61. The Morgan fingerprint density at radius 3 is 0.885 bits per heavy atom. The van der Waals surface area contributed by atoms with Gasteiger partial charge in [0.25, 0.3) is 0 Å². The number of esters is 2. The first-order valence-electron chi connectivity index (χ1n) is 27.7. The molecular formula is C56H108O5. The summed E-state index contributed by atoms with van der Waals surface area (Å²) in [5.74, 6) is -0.569. The molecule has 0 aliphatic rings. The van der Waals surface area contributed by atoms with Gasteiger partial charge in [0.15, 0.2) is 6.10 Å². The maximum Gasteiger partial charge on any atom is 0.306 e. The fourth-order valence-electron chi connectivity index (χ4n) is 8.61. The third kappa shape index (κ3) is 51.2. The predicted octanol–water partition coefficient (Wildman–Crippen LogP) is 18.4. The predicted molar refractivity (Wildman–Crippen MR) is 265 cm³/mol. The van der Waals surface area contributed by atoms with Crippen LogP contribution < -0.4 is 0 Å². The number of hydrogen-bond donors (Lipinski definition) is 1. The molecule has 0 aliphatic carbocycles. The van der Waals surface area contributed by atoms with Crippen molar-refractivity contribution in [1.82, 2.24) is 0 Å². The van der Waals surface area contributed by atoms with E-state index in [9.17, 15) is 14.7 Å². The Morgan fingerprint density at radius 1 is 0.361 bits per heavy atom. The van der Waals surface area contributed by atoms with Crippen LogP contribution in [0.2, 0.25) is 0 Å². The van der Waals surface area contributed by atoms with Crippen LogP contribution in [0.15, 0.2) is 12.2 Å². The van der Waals surface area contributed by atoms with Crippen molar-refractivity contribution in [3.63, 3.8) is 0 Å². The molecule has 0 aromatic carbocycles. The smallest absolute Gasteiger partial charge is 0.306 e. The van der Waals surface area contributed by atoms with Crippen molar-refractivity contribution in [2.75, 3.05) is 13.2 Å². The molecule has 5 heteroatoms. The Balaban J connectivity index is 3.42. The molecule has 5 nitrogen and oxygen atoms in total. The fraction of sp³-hybridized carbons (Fsp3) is 0.929. The van der Waals surface area contributed by atoms with E-state index in [0.717, 1.165) is 32.1 Å². The lowest BCUT2D eigenvalue weighted by atomic mass is 10.0. The number of carbonyl (C=O) groups excluding carboxylic acids is 2. The molecule has 0 aliphatic heterocycles. The average Bonchev–Trinajstić information content (AvgIpc) is 3.26. The number of rotatable bonds is 52. The van der Waals surface area contributed by atoms with Gasteiger partial charge in [-0.3, -0.25) is 9.59 Å². The zero-order valence-electron chi connectivity index (χ0n) is 41.5. The Labute approximate surface area is 381 Å². The van der Waals surface area contributed by atoms with E-state index in [2.05, 4.69) is 26.0 Å². The van der Waals surface area contributed by atoms with Crippen molar-refractivity contribution in [1.29, 1.82) is 0 Å². The van der Waals surface area contributed by atoms with Crippen molar-refractivity contribution in [3.8, 4) is 0 Å². The number of ether oxygens (including phenoxy) is 2. The summed E-state index contributed by atoms with van der Waals surface area (Å²) in [6.07, 6.45) is 64.7. The van der Waals surface area contributed by atoms with E-state index in [0.29, 0.717) is 12.8 Å². The van der Waals surface area contributed by atoms with Gasteiger partial charge in [0.05, 0.1) is 6.61 Å². The lowest BCUT2D eigenvalue weighted by molar-refractivity contribution is -0.161. The molecule has 0 aromatic heterocycles. The lowest BCUT2D eigenvalue weighted by Crippen LogP contribution is -2.28. The maximum absolute atomic E-state index is 12.3. The van der Waals surface area contributed by atoms with Crippen LogP contribution in [0.1, 0.15) is 316 Å². The standard InChI is InChI=1S/C56H108O5/c1-3-5-7-9-11-13-15-17-19-21-23-25-27-28-29-31-33-35-37-39-41-43-45-47-49-51-56(59)61-54(52-57)53-60-55(58)50-48-46-44-42-40-38-36-34-32-30-26-24-22-20-18-16-14-12-10-8-6-4-2/h21,23,54,57H,3-20,22,24-53H2,1-2H3/b23-21-. The molecule has 1 atom stereocenters. The van der Waals surface area contributed by atoms with E-state index >= 15 is 0 Å².